The van der Waals surface area contributed by atoms with Crippen LogP contribution in [0.1, 0.15) is 31.6 Å². The van der Waals surface area contributed by atoms with Gasteiger partial charge in [-0.3, -0.25) is 0 Å². The van der Waals surface area contributed by atoms with Crippen LogP contribution >= 0.6 is 0 Å². The molecule has 0 radical (unpaired) electrons. The molecule has 1 N–H and O–H groups in total. The van der Waals surface area contributed by atoms with Gasteiger partial charge in [-0.2, -0.15) is 0 Å². The largest absolute Gasteiger partial charge is 0.394 e. The van der Waals surface area contributed by atoms with Gasteiger partial charge >= 0.3 is 0 Å². The summed E-state index contributed by atoms with van der Waals surface area (Å²) in [5.41, 5.74) is 1.74. The molecule has 7 nitrogen and oxygen atoms in total. The van der Waals surface area contributed by atoms with E-state index in [1.165, 1.54) is 0 Å². The van der Waals surface area contributed by atoms with Crippen LogP contribution in [0, 0.1) is 13.8 Å². The van der Waals surface area contributed by atoms with Crippen molar-refractivity contribution in [2.75, 3.05) is 6.61 Å². The average Bonchev–Trinajstić information content (AvgIpc) is 3.09. The van der Waals surface area contributed by atoms with Crippen LogP contribution in [-0.2, 0) is 14.2 Å². The van der Waals surface area contributed by atoms with Gasteiger partial charge in [0.15, 0.2) is 12.0 Å². The van der Waals surface area contributed by atoms with E-state index >= 15 is 0 Å². The van der Waals surface area contributed by atoms with E-state index in [1.807, 2.05) is 44.5 Å². The number of rotatable bonds is 2. The molecule has 0 aliphatic carbocycles. The fourth-order valence-corrected chi connectivity index (χ4v) is 3.56. The van der Waals surface area contributed by atoms with E-state index in [4.69, 9.17) is 14.2 Å². The first-order valence-electron chi connectivity index (χ1n) is 7.83. The molecule has 4 heterocycles. The Morgan fingerprint density at radius 1 is 1.22 bits per heavy atom. The Labute approximate surface area is 134 Å². The van der Waals surface area contributed by atoms with Crippen molar-refractivity contribution in [3.63, 3.8) is 0 Å². The summed E-state index contributed by atoms with van der Waals surface area (Å²) in [6, 6.07) is 1.98. The first-order chi connectivity index (χ1) is 10.9. The van der Waals surface area contributed by atoms with Crippen LogP contribution in [0.2, 0.25) is 0 Å². The lowest BCUT2D eigenvalue weighted by Gasteiger charge is -2.24. The number of ether oxygens (including phenoxy) is 3. The predicted molar refractivity (Wildman–Crippen MR) is 81.8 cm³/mol. The van der Waals surface area contributed by atoms with E-state index in [1.54, 1.807) is 0 Å². The van der Waals surface area contributed by atoms with Crippen LogP contribution < -0.4 is 0 Å². The van der Waals surface area contributed by atoms with Gasteiger partial charge in [0.1, 0.15) is 29.8 Å². The minimum atomic E-state index is -0.686. The Morgan fingerprint density at radius 3 is 2.70 bits per heavy atom. The van der Waals surface area contributed by atoms with Gasteiger partial charge in [-0.1, -0.05) is 0 Å². The van der Waals surface area contributed by atoms with Crippen molar-refractivity contribution in [2.45, 2.75) is 58.0 Å². The molecule has 7 heteroatoms. The van der Waals surface area contributed by atoms with Crippen LogP contribution in [0.15, 0.2) is 12.3 Å². The summed E-state index contributed by atoms with van der Waals surface area (Å²) in [7, 11) is 0. The smallest absolute Gasteiger partial charge is 0.164 e. The maximum Gasteiger partial charge on any atom is 0.164 e. The number of hydrogen-bond acceptors (Lipinski definition) is 6. The normalized spacial score (nSPS) is 32.6. The van der Waals surface area contributed by atoms with Gasteiger partial charge in [-0.25, -0.2) is 9.97 Å². The summed E-state index contributed by atoms with van der Waals surface area (Å²) in [6.07, 6.45) is 0.565. The van der Waals surface area contributed by atoms with E-state index in [-0.39, 0.29) is 25.0 Å². The first kappa shape index (κ1) is 15.0. The maximum absolute atomic E-state index is 9.60. The van der Waals surface area contributed by atoms with E-state index in [0.717, 1.165) is 16.7 Å². The van der Waals surface area contributed by atoms with E-state index in [9.17, 15) is 5.11 Å². The van der Waals surface area contributed by atoms with Crippen molar-refractivity contribution < 1.29 is 19.3 Å². The second-order valence-electron chi connectivity index (χ2n) is 6.63. The number of fused-ring (bicyclic) bond motifs is 2. The maximum atomic E-state index is 9.60. The van der Waals surface area contributed by atoms with Gasteiger partial charge in [-0.05, 0) is 33.8 Å². The van der Waals surface area contributed by atoms with E-state index in [2.05, 4.69) is 9.97 Å². The molecule has 2 aliphatic rings. The average molecular weight is 319 g/mol. The molecule has 2 aromatic heterocycles. The van der Waals surface area contributed by atoms with Crippen LogP contribution in [-0.4, -0.2) is 50.3 Å². The zero-order valence-electron chi connectivity index (χ0n) is 13.7. The number of aliphatic hydroxyl groups is 1. The number of hydrogen-bond donors (Lipinski definition) is 1. The topological polar surface area (TPSA) is 78.6 Å². The lowest BCUT2D eigenvalue weighted by atomic mass is 10.1. The lowest BCUT2D eigenvalue weighted by molar-refractivity contribution is -0.199. The molecule has 0 bridgehead atoms. The van der Waals surface area contributed by atoms with Crippen LogP contribution in [0.4, 0.5) is 0 Å². The summed E-state index contributed by atoms with van der Waals surface area (Å²) in [6.45, 7) is 7.48. The summed E-state index contributed by atoms with van der Waals surface area (Å²) in [5.74, 6) is 0.0290. The Morgan fingerprint density at radius 2 is 1.96 bits per heavy atom. The molecule has 0 unspecified atom stereocenters. The van der Waals surface area contributed by atoms with Crippen LogP contribution in [0.25, 0.3) is 11.0 Å². The lowest BCUT2D eigenvalue weighted by Crippen LogP contribution is -2.31. The third kappa shape index (κ3) is 2.27. The molecule has 0 amide bonds. The number of aryl methyl sites for hydroxylation is 2. The Bertz CT molecular complexity index is 757. The standard InChI is InChI=1S/C16H21N3O4/c1-8-10-5-6-19(14(10)18-9(2)17-8)15-13-12(11(7-20)21-15)22-16(3,4)23-13/h5-6,11-13,15,20H,7H2,1-4H3/t11-,12-,13-,15-/m1/s1. The zero-order chi connectivity index (χ0) is 16.4. The van der Waals surface area contributed by atoms with Gasteiger partial charge < -0.3 is 23.9 Å². The molecule has 0 saturated carbocycles. The predicted octanol–water partition coefficient (Wildman–Crippen LogP) is 1.46. The molecule has 4 atom stereocenters. The van der Waals surface area contributed by atoms with Crippen molar-refractivity contribution in [1.29, 1.82) is 0 Å². The van der Waals surface area contributed by atoms with Crippen LogP contribution in [0.3, 0.4) is 0 Å². The second-order valence-corrected chi connectivity index (χ2v) is 6.63. The highest BCUT2D eigenvalue weighted by Gasteiger charge is 2.55. The van der Waals surface area contributed by atoms with Crippen molar-refractivity contribution >= 4 is 11.0 Å². The highest BCUT2D eigenvalue weighted by Crippen LogP contribution is 2.43. The van der Waals surface area contributed by atoms with Crippen molar-refractivity contribution in [2.24, 2.45) is 0 Å². The Hall–Kier alpha value is -1.54. The fourth-order valence-electron chi connectivity index (χ4n) is 3.56. The highest BCUT2D eigenvalue weighted by atomic mass is 16.8. The Balaban J connectivity index is 1.79. The van der Waals surface area contributed by atoms with E-state index < -0.39 is 11.9 Å². The van der Waals surface area contributed by atoms with Crippen LogP contribution in [0.5, 0.6) is 0 Å². The molecule has 2 saturated heterocycles. The molecule has 0 spiro atoms. The molecule has 2 aliphatic heterocycles. The SMILES string of the molecule is Cc1nc(C)c2ccn([C@@H]3O[C@H](CO)[C@H]4OC(C)(C)O[C@H]43)c2n1. The molecule has 4 rings (SSSR count). The summed E-state index contributed by atoms with van der Waals surface area (Å²) < 4.78 is 19.9. The second kappa shape index (κ2) is 4.98. The van der Waals surface area contributed by atoms with Crippen molar-refractivity contribution in [3.05, 3.63) is 23.8 Å². The molecule has 2 fully saturated rings. The fraction of sp³-hybridized carbons (Fsp3) is 0.625. The minimum absolute atomic E-state index is 0.108. The third-order valence-corrected chi connectivity index (χ3v) is 4.45. The van der Waals surface area contributed by atoms with Gasteiger partial charge in [0.25, 0.3) is 0 Å². The van der Waals surface area contributed by atoms with Gasteiger partial charge in [0, 0.05) is 11.6 Å². The van der Waals surface area contributed by atoms with Gasteiger partial charge in [0.05, 0.1) is 12.3 Å². The molecular weight excluding hydrogens is 298 g/mol. The molecule has 0 aromatic carbocycles. The Kier molecular flexibility index (Phi) is 3.25. The van der Waals surface area contributed by atoms with E-state index in [0.29, 0.717) is 5.82 Å². The third-order valence-electron chi connectivity index (χ3n) is 4.45. The number of aromatic nitrogens is 3. The van der Waals surface area contributed by atoms with Gasteiger partial charge in [0.2, 0.25) is 0 Å². The minimum Gasteiger partial charge on any atom is -0.394 e. The summed E-state index contributed by atoms with van der Waals surface area (Å²) in [4.78, 5) is 8.96. The summed E-state index contributed by atoms with van der Waals surface area (Å²) >= 11 is 0. The van der Waals surface area contributed by atoms with Crippen molar-refractivity contribution in [3.8, 4) is 0 Å². The zero-order valence-corrected chi connectivity index (χ0v) is 13.7. The number of nitrogens with zero attached hydrogens (tertiary/aromatic N) is 3. The quantitative estimate of drug-likeness (QED) is 0.903. The summed E-state index contributed by atoms with van der Waals surface area (Å²) in [5, 5.41) is 10.6. The van der Waals surface area contributed by atoms with Gasteiger partial charge in [-0.15, -0.1) is 0 Å². The van der Waals surface area contributed by atoms with Crippen molar-refractivity contribution in [1.82, 2.24) is 14.5 Å². The first-order valence-corrected chi connectivity index (χ1v) is 7.83. The molecule has 2 aromatic rings. The molecule has 124 valence electrons. The monoisotopic (exact) mass is 319 g/mol. The molecular formula is C16H21N3O4. The number of aliphatic hydroxyl groups excluding tert-OH is 1. The molecule has 23 heavy (non-hydrogen) atoms. The highest BCUT2D eigenvalue weighted by molar-refractivity contribution is 5.78.